The molecule has 3 aromatic rings. The van der Waals surface area contributed by atoms with Gasteiger partial charge in [0.2, 0.25) is 5.95 Å². The van der Waals surface area contributed by atoms with Crippen LogP contribution in [-0.4, -0.2) is 21.6 Å². The Morgan fingerprint density at radius 2 is 1.91 bits per heavy atom. The number of anilines is 1. The average molecular weight is 331 g/mol. The molecule has 0 spiro atoms. The van der Waals surface area contributed by atoms with Gasteiger partial charge in [-0.3, -0.25) is 4.90 Å². The van der Waals surface area contributed by atoms with Crippen molar-refractivity contribution in [3.63, 3.8) is 0 Å². The van der Waals surface area contributed by atoms with E-state index in [0.717, 1.165) is 22.5 Å². The summed E-state index contributed by atoms with van der Waals surface area (Å²) in [6.45, 7) is 0.650. The van der Waals surface area contributed by atoms with Crippen LogP contribution in [0.25, 0.3) is 11.0 Å². The Balaban J connectivity index is 1.80. The number of nitrogens with two attached hydrogens (primary N) is 1. The molecule has 3 rings (SSSR count). The van der Waals surface area contributed by atoms with Gasteiger partial charge in [0, 0.05) is 11.6 Å². The molecule has 0 atom stereocenters. The molecule has 0 fully saturated rings. The zero-order valence-electron chi connectivity index (χ0n) is 11.8. The van der Waals surface area contributed by atoms with Gasteiger partial charge in [0.05, 0.1) is 11.0 Å². The first-order valence-electron chi connectivity index (χ1n) is 6.89. The van der Waals surface area contributed by atoms with Gasteiger partial charge in [-0.25, -0.2) is 4.98 Å². The summed E-state index contributed by atoms with van der Waals surface area (Å²) < 4.78 is 0. The molecule has 0 bridgehead atoms. The number of hydrogen-bond acceptors (Lipinski definition) is 2. The van der Waals surface area contributed by atoms with E-state index in [1.54, 1.807) is 0 Å². The highest BCUT2D eigenvalue weighted by Crippen LogP contribution is 2.18. The molecule has 3 N–H and O–H groups in total. The highest BCUT2D eigenvalue weighted by Gasteiger charge is 2.14. The molecule has 0 aliphatic rings. The van der Waals surface area contributed by atoms with Crippen LogP contribution < -0.4 is 10.6 Å². The molecule has 0 amide bonds. The first-order valence-corrected chi connectivity index (χ1v) is 7.68. The molecule has 0 aliphatic carbocycles. The fraction of sp³-hybridized carbons (Fsp3) is 0.125. The second-order valence-corrected chi connectivity index (χ2v) is 5.80. The summed E-state index contributed by atoms with van der Waals surface area (Å²) in [6.07, 6.45) is 0.797. The predicted molar refractivity (Wildman–Crippen MR) is 95.4 cm³/mol. The Bertz CT molecular complexity index is 764. The summed E-state index contributed by atoms with van der Waals surface area (Å²) in [5, 5.41) is 1.03. The van der Waals surface area contributed by atoms with Gasteiger partial charge in [-0.15, -0.1) is 0 Å². The molecule has 22 heavy (non-hydrogen) atoms. The number of nitrogens with zero attached hydrogens (tertiary/aromatic N) is 2. The van der Waals surface area contributed by atoms with Crippen LogP contribution in [-0.2, 0) is 6.42 Å². The van der Waals surface area contributed by atoms with E-state index in [1.165, 1.54) is 5.56 Å². The zero-order valence-corrected chi connectivity index (χ0v) is 13.4. The van der Waals surface area contributed by atoms with E-state index in [0.29, 0.717) is 17.6 Å². The number of para-hydroxylation sites is 2. The van der Waals surface area contributed by atoms with Crippen molar-refractivity contribution in [2.45, 2.75) is 6.42 Å². The first-order chi connectivity index (χ1) is 10.6. The van der Waals surface area contributed by atoms with Gasteiger partial charge < -0.3 is 10.7 Å². The summed E-state index contributed by atoms with van der Waals surface area (Å²) in [6, 6.07) is 15.6. The normalized spacial score (nSPS) is 10.8. The minimum absolute atomic E-state index is 0.299. The molecule has 4 nitrogen and oxygen atoms in total. The zero-order chi connectivity index (χ0) is 15.5. The number of fused-ring (bicyclic) bond motifs is 1. The summed E-state index contributed by atoms with van der Waals surface area (Å²) >= 11 is 11.1. The lowest BCUT2D eigenvalue weighted by atomic mass is 10.1. The monoisotopic (exact) mass is 330 g/mol. The lowest BCUT2D eigenvalue weighted by molar-refractivity contribution is 0.910. The molecule has 0 unspecified atom stereocenters. The van der Waals surface area contributed by atoms with Gasteiger partial charge in [-0.2, -0.15) is 0 Å². The average Bonchev–Trinajstić information content (AvgIpc) is 2.92. The SMILES string of the molecule is NC(=S)N(CCc1ccc(Cl)cc1)c1nc2ccccc2[nH]1. The van der Waals surface area contributed by atoms with Crippen LogP contribution in [0.3, 0.4) is 0 Å². The topological polar surface area (TPSA) is 57.9 Å². The van der Waals surface area contributed by atoms with Crippen molar-refractivity contribution in [2.24, 2.45) is 5.73 Å². The van der Waals surface area contributed by atoms with Crippen LogP contribution in [0.2, 0.25) is 5.02 Å². The number of aromatic nitrogens is 2. The predicted octanol–water partition coefficient (Wildman–Crippen LogP) is 3.51. The Hall–Kier alpha value is -2.11. The van der Waals surface area contributed by atoms with Crippen LogP contribution in [0.5, 0.6) is 0 Å². The van der Waals surface area contributed by atoms with E-state index in [2.05, 4.69) is 9.97 Å². The number of halogens is 1. The third-order valence-corrected chi connectivity index (χ3v) is 3.91. The highest BCUT2D eigenvalue weighted by molar-refractivity contribution is 7.80. The number of H-pyrrole nitrogens is 1. The van der Waals surface area contributed by atoms with Gasteiger partial charge in [0.1, 0.15) is 0 Å². The Morgan fingerprint density at radius 1 is 1.18 bits per heavy atom. The van der Waals surface area contributed by atoms with E-state index >= 15 is 0 Å². The maximum atomic E-state index is 5.90. The number of thiocarbonyl (C=S) groups is 1. The van der Waals surface area contributed by atoms with E-state index < -0.39 is 0 Å². The van der Waals surface area contributed by atoms with Crippen molar-refractivity contribution in [1.82, 2.24) is 9.97 Å². The summed E-state index contributed by atoms with van der Waals surface area (Å²) in [7, 11) is 0. The van der Waals surface area contributed by atoms with Crippen molar-refractivity contribution >= 4 is 45.9 Å². The van der Waals surface area contributed by atoms with Gasteiger partial charge in [0.25, 0.3) is 0 Å². The maximum absolute atomic E-state index is 5.90. The molecular weight excluding hydrogens is 316 g/mol. The lowest BCUT2D eigenvalue weighted by Crippen LogP contribution is -2.37. The van der Waals surface area contributed by atoms with Gasteiger partial charge >= 0.3 is 0 Å². The third kappa shape index (κ3) is 3.21. The third-order valence-electron chi connectivity index (χ3n) is 3.44. The number of imidazole rings is 1. The molecule has 0 saturated carbocycles. The minimum atomic E-state index is 0.299. The molecule has 0 saturated heterocycles. The maximum Gasteiger partial charge on any atom is 0.210 e. The summed E-state index contributed by atoms with van der Waals surface area (Å²) in [5.41, 5.74) is 8.88. The van der Waals surface area contributed by atoms with Crippen LogP contribution in [0.15, 0.2) is 48.5 Å². The first kappa shape index (κ1) is 14.8. The number of rotatable bonds is 4. The molecular formula is C16H15ClN4S. The van der Waals surface area contributed by atoms with Gasteiger partial charge in [-0.1, -0.05) is 35.9 Å². The van der Waals surface area contributed by atoms with Crippen LogP contribution in [0.1, 0.15) is 5.56 Å². The van der Waals surface area contributed by atoms with Crippen molar-refractivity contribution in [3.8, 4) is 0 Å². The largest absolute Gasteiger partial charge is 0.376 e. The van der Waals surface area contributed by atoms with Crippen molar-refractivity contribution < 1.29 is 0 Å². The van der Waals surface area contributed by atoms with Crippen LogP contribution >= 0.6 is 23.8 Å². The smallest absolute Gasteiger partial charge is 0.210 e. The number of aromatic amines is 1. The van der Waals surface area contributed by atoms with E-state index in [4.69, 9.17) is 29.6 Å². The van der Waals surface area contributed by atoms with Gasteiger partial charge in [-0.05, 0) is 48.5 Å². The standard InChI is InChI=1S/C16H15ClN4S/c17-12-7-5-11(6-8-12)9-10-21(15(18)22)16-19-13-3-1-2-4-14(13)20-16/h1-8H,9-10H2,(H2,18,22)(H,19,20). The summed E-state index contributed by atoms with van der Waals surface area (Å²) in [4.78, 5) is 9.60. The lowest BCUT2D eigenvalue weighted by Gasteiger charge is -2.19. The Kier molecular flexibility index (Phi) is 4.27. The molecule has 1 heterocycles. The fourth-order valence-corrected chi connectivity index (χ4v) is 2.58. The summed E-state index contributed by atoms with van der Waals surface area (Å²) in [5.74, 6) is 0.669. The molecule has 6 heteroatoms. The second kappa shape index (κ2) is 6.34. The molecule has 0 radical (unpaired) electrons. The Labute approximate surface area is 138 Å². The van der Waals surface area contributed by atoms with Crippen LogP contribution in [0.4, 0.5) is 5.95 Å². The van der Waals surface area contributed by atoms with Gasteiger partial charge in [0.15, 0.2) is 5.11 Å². The molecule has 1 aromatic heterocycles. The minimum Gasteiger partial charge on any atom is -0.376 e. The quantitative estimate of drug-likeness (QED) is 0.719. The molecule has 112 valence electrons. The van der Waals surface area contributed by atoms with E-state index in [9.17, 15) is 0 Å². The second-order valence-electron chi connectivity index (χ2n) is 4.94. The number of hydrogen-bond donors (Lipinski definition) is 2. The number of nitrogens with one attached hydrogen (secondary N) is 1. The van der Waals surface area contributed by atoms with E-state index in [-0.39, 0.29) is 0 Å². The molecule has 0 aliphatic heterocycles. The fourth-order valence-electron chi connectivity index (χ4n) is 2.28. The van der Waals surface area contributed by atoms with E-state index in [1.807, 2.05) is 53.4 Å². The molecule has 2 aromatic carbocycles. The van der Waals surface area contributed by atoms with Crippen LogP contribution in [0, 0.1) is 0 Å². The van der Waals surface area contributed by atoms with Crippen molar-refractivity contribution in [3.05, 3.63) is 59.1 Å². The Morgan fingerprint density at radius 3 is 2.59 bits per heavy atom. The van der Waals surface area contributed by atoms with Crippen molar-refractivity contribution in [2.75, 3.05) is 11.4 Å². The highest BCUT2D eigenvalue weighted by atomic mass is 35.5. The number of benzene rings is 2. The van der Waals surface area contributed by atoms with Crippen molar-refractivity contribution in [1.29, 1.82) is 0 Å².